The van der Waals surface area contributed by atoms with Crippen LogP contribution in [-0.2, 0) is 0 Å². The highest BCUT2D eigenvalue weighted by atomic mass is 79.9. The average molecular weight is 259 g/mol. The van der Waals surface area contributed by atoms with Gasteiger partial charge in [0.15, 0.2) is 0 Å². The molecule has 0 atom stereocenters. The van der Waals surface area contributed by atoms with Gasteiger partial charge < -0.3 is 0 Å². The zero-order valence-electron chi connectivity index (χ0n) is 8.23. The second-order valence-electron chi connectivity index (χ2n) is 3.26. The summed E-state index contributed by atoms with van der Waals surface area (Å²) in [6.07, 6.45) is 0. The highest BCUT2D eigenvalue weighted by molar-refractivity contribution is 9.10. The first kappa shape index (κ1) is 10.2. The van der Waals surface area contributed by atoms with Crippen molar-refractivity contribution in [2.45, 2.75) is 0 Å². The zero-order chi connectivity index (χ0) is 10.5. The van der Waals surface area contributed by atoms with Gasteiger partial charge in [-0.1, -0.05) is 70.5 Å². The predicted octanol–water partition coefficient (Wildman–Crippen LogP) is 4.73. The van der Waals surface area contributed by atoms with Crippen molar-refractivity contribution in [2.75, 3.05) is 0 Å². The summed E-state index contributed by atoms with van der Waals surface area (Å²) in [7, 11) is 0. The van der Waals surface area contributed by atoms with E-state index in [-0.39, 0.29) is 0 Å². The van der Waals surface area contributed by atoms with Crippen LogP contribution in [0.1, 0.15) is 0 Å². The summed E-state index contributed by atoms with van der Waals surface area (Å²) in [5.74, 6) is 0. The van der Waals surface area contributed by atoms with Crippen LogP contribution in [0.15, 0.2) is 71.2 Å². The Kier molecular flexibility index (Phi) is 3.36. The van der Waals surface area contributed by atoms with E-state index in [4.69, 9.17) is 0 Å². The van der Waals surface area contributed by atoms with Crippen molar-refractivity contribution in [1.82, 2.24) is 0 Å². The van der Waals surface area contributed by atoms with Crippen LogP contribution in [0.2, 0.25) is 0 Å². The molecule has 74 valence electrons. The molecule has 0 aliphatic carbocycles. The minimum Gasteiger partial charge on any atom is -0.0623 e. The van der Waals surface area contributed by atoms with Crippen LogP contribution < -0.4 is 0 Å². The molecule has 2 rings (SSSR count). The van der Waals surface area contributed by atoms with Gasteiger partial charge >= 0.3 is 0 Å². The smallest absolute Gasteiger partial charge is 0.0181 e. The van der Waals surface area contributed by atoms with Crippen LogP contribution in [0, 0.1) is 0 Å². The Balaban J connectivity index is 2.77. The van der Waals surface area contributed by atoms with E-state index in [1.54, 1.807) is 0 Å². The maximum atomic E-state index is 3.48. The lowest BCUT2D eigenvalue weighted by molar-refractivity contribution is 1.71. The standard InChI is InChI=1S/C14H11Br/c15-14-10-9-12-7-5-3-1-2-4-6-8-13(12)11-14/h1-11H. The van der Waals surface area contributed by atoms with Crippen LogP contribution in [0.5, 0.6) is 0 Å². The Morgan fingerprint density at radius 1 is 0.600 bits per heavy atom. The summed E-state index contributed by atoms with van der Waals surface area (Å²) in [6, 6.07) is 22.7. The van der Waals surface area contributed by atoms with Gasteiger partial charge in [-0.3, -0.25) is 0 Å². The second-order valence-corrected chi connectivity index (χ2v) is 4.18. The Labute approximate surface area is 98.0 Å². The molecule has 0 aliphatic heterocycles. The number of halogens is 1. The van der Waals surface area contributed by atoms with Crippen LogP contribution in [0.4, 0.5) is 0 Å². The normalized spacial score (nSPS) is 9.67. The Morgan fingerprint density at radius 2 is 1.20 bits per heavy atom. The molecule has 0 N–H and O–H groups in total. The van der Waals surface area contributed by atoms with Gasteiger partial charge in [0, 0.05) is 4.47 Å². The third kappa shape index (κ3) is 2.80. The zero-order valence-corrected chi connectivity index (χ0v) is 9.81. The number of hydrogen-bond donors (Lipinski definition) is 0. The van der Waals surface area contributed by atoms with E-state index in [1.807, 2.05) is 24.3 Å². The molecule has 2 aromatic carbocycles. The second kappa shape index (κ2) is 4.94. The van der Waals surface area contributed by atoms with E-state index in [1.165, 1.54) is 10.8 Å². The van der Waals surface area contributed by atoms with Gasteiger partial charge in [-0.05, 0) is 22.9 Å². The molecule has 0 spiro atoms. The SMILES string of the molecule is Brc1ccc2ccccccccc2c1. The first-order valence-corrected chi connectivity index (χ1v) is 5.63. The number of hydrogen-bond acceptors (Lipinski definition) is 0. The van der Waals surface area contributed by atoms with E-state index in [9.17, 15) is 0 Å². The fourth-order valence-corrected chi connectivity index (χ4v) is 1.80. The molecule has 0 nitrogen and oxygen atoms in total. The van der Waals surface area contributed by atoms with Crippen molar-refractivity contribution in [3.8, 4) is 0 Å². The largest absolute Gasteiger partial charge is 0.0623 e. The van der Waals surface area contributed by atoms with Gasteiger partial charge in [-0.2, -0.15) is 0 Å². The minimum absolute atomic E-state index is 1.11. The molecule has 0 aromatic heterocycles. The topological polar surface area (TPSA) is 0 Å². The summed E-state index contributed by atoms with van der Waals surface area (Å²) in [5.41, 5.74) is 0. The quantitative estimate of drug-likeness (QED) is 0.641. The van der Waals surface area contributed by atoms with Crippen LogP contribution >= 0.6 is 15.9 Å². The molecular formula is C14H11Br. The Morgan fingerprint density at radius 3 is 1.93 bits per heavy atom. The molecule has 1 heteroatoms. The van der Waals surface area contributed by atoms with E-state index >= 15 is 0 Å². The third-order valence-electron chi connectivity index (χ3n) is 2.16. The molecular weight excluding hydrogens is 248 g/mol. The van der Waals surface area contributed by atoms with Crippen molar-refractivity contribution in [3.05, 3.63) is 71.2 Å². The maximum absolute atomic E-state index is 3.48. The monoisotopic (exact) mass is 258 g/mol. The maximum Gasteiger partial charge on any atom is 0.0181 e. The Bertz CT molecular complexity index is 516. The van der Waals surface area contributed by atoms with Gasteiger partial charge in [0.1, 0.15) is 0 Å². The molecule has 0 heterocycles. The number of benzene rings is 1. The van der Waals surface area contributed by atoms with Crippen molar-refractivity contribution in [2.24, 2.45) is 0 Å². The average Bonchev–Trinajstić information content (AvgIpc) is 2.25. The third-order valence-corrected chi connectivity index (χ3v) is 2.65. The summed E-state index contributed by atoms with van der Waals surface area (Å²) in [4.78, 5) is 0. The van der Waals surface area contributed by atoms with Crippen molar-refractivity contribution >= 4 is 26.7 Å². The highest BCUT2D eigenvalue weighted by Gasteiger charge is 1.89. The van der Waals surface area contributed by atoms with Crippen LogP contribution in [0.3, 0.4) is 0 Å². The van der Waals surface area contributed by atoms with E-state index in [2.05, 4.69) is 58.4 Å². The van der Waals surface area contributed by atoms with E-state index in [0.29, 0.717) is 0 Å². The lowest BCUT2D eigenvalue weighted by Gasteiger charge is -1.94. The fraction of sp³-hybridized carbons (Fsp3) is 0. The molecule has 0 aliphatic rings. The van der Waals surface area contributed by atoms with Gasteiger partial charge in [0.25, 0.3) is 0 Å². The molecule has 15 heavy (non-hydrogen) atoms. The summed E-state index contributed by atoms with van der Waals surface area (Å²) >= 11 is 3.48. The fourth-order valence-electron chi connectivity index (χ4n) is 1.42. The van der Waals surface area contributed by atoms with Crippen LogP contribution in [0.25, 0.3) is 10.8 Å². The lowest BCUT2D eigenvalue weighted by atomic mass is 10.2. The summed E-state index contributed by atoms with van der Waals surface area (Å²) in [6.45, 7) is 0. The van der Waals surface area contributed by atoms with Gasteiger partial charge in [0.2, 0.25) is 0 Å². The molecule has 0 unspecified atom stereocenters. The van der Waals surface area contributed by atoms with Crippen LogP contribution in [-0.4, -0.2) is 0 Å². The molecule has 2 aromatic rings. The lowest BCUT2D eigenvalue weighted by Crippen LogP contribution is -1.68. The van der Waals surface area contributed by atoms with Gasteiger partial charge in [0.05, 0.1) is 0 Å². The van der Waals surface area contributed by atoms with Gasteiger partial charge in [-0.15, -0.1) is 0 Å². The Hall–Kier alpha value is -1.34. The first-order valence-electron chi connectivity index (χ1n) is 4.84. The summed E-state index contributed by atoms with van der Waals surface area (Å²) in [5, 5.41) is 2.45. The first-order chi connectivity index (χ1) is 7.36. The van der Waals surface area contributed by atoms with Crippen molar-refractivity contribution < 1.29 is 0 Å². The highest BCUT2D eigenvalue weighted by Crippen LogP contribution is 2.17. The molecule has 0 radical (unpaired) electrons. The molecule has 0 saturated carbocycles. The molecule has 0 saturated heterocycles. The van der Waals surface area contributed by atoms with E-state index < -0.39 is 0 Å². The molecule has 0 bridgehead atoms. The predicted molar refractivity (Wildman–Crippen MR) is 69.3 cm³/mol. The van der Waals surface area contributed by atoms with E-state index in [0.717, 1.165) is 4.47 Å². The van der Waals surface area contributed by atoms with Crippen molar-refractivity contribution in [1.29, 1.82) is 0 Å². The molecule has 0 fully saturated rings. The summed E-state index contributed by atoms with van der Waals surface area (Å²) < 4.78 is 1.11. The van der Waals surface area contributed by atoms with Gasteiger partial charge in [-0.25, -0.2) is 0 Å². The number of rotatable bonds is 0. The number of fused-ring (bicyclic) bond motifs is 1. The molecule has 0 amide bonds. The minimum atomic E-state index is 1.11. The van der Waals surface area contributed by atoms with Crippen molar-refractivity contribution in [3.63, 3.8) is 0 Å².